The smallest absolute Gasteiger partial charge is 0.303 e. The number of halogens is 1. The fourth-order valence-electron chi connectivity index (χ4n) is 4.22. The largest absolute Gasteiger partial charge is 0.481 e. The minimum absolute atomic E-state index is 0.0114. The number of carboxylic acids is 1. The Morgan fingerprint density at radius 1 is 1.05 bits per heavy atom. The normalized spacial score (nSPS) is 14.0. The number of nitrogens with one attached hydrogen (secondary N) is 2. The molecule has 9 heteroatoms. The fraction of sp³-hybridized carbons (Fsp3) is 0.207. The van der Waals surface area contributed by atoms with Gasteiger partial charge >= 0.3 is 5.97 Å². The quantitative estimate of drug-likeness (QED) is 0.327. The lowest BCUT2D eigenvalue weighted by atomic mass is 9.98. The third-order valence-corrected chi connectivity index (χ3v) is 6.23. The van der Waals surface area contributed by atoms with E-state index in [9.17, 15) is 18.8 Å². The highest BCUT2D eigenvalue weighted by Crippen LogP contribution is 2.38. The number of anilines is 3. The van der Waals surface area contributed by atoms with Gasteiger partial charge in [-0.05, 0) is 73.9 Å². The second kappa shape index (κ2) is 10.5. The van der Waals surface area contributed by atoms with Crippen LogP contribution in [0.25, 0.3) is 11.3 Å². The van der Waals surface area contributed by atoms with E-state index in [0.717, 1.165) is 5.56 Å². The SMILES string of the molecule is CN(C(=O)C(C)(C)N)c1ccc(N/C(=C2\C(=O)Nc3cc(F)ccc32)c2ccc(CCC(=O)O)cc2)cc1. The molecule has 0 saturated carbocycles. The van der Waals surface area contributed by atoms with Gasteiger partial charge in [0.25, 0.3) is 5.91 Å². The molecule has 0 bridgehead atoms. The average Bonchev–Trinajstić information content (AvgIpc) is 3.19. The summed E-state index contributed by atoms with van der Waals surface area (Å²) in [5.74, 6) is -1.96. The number of carbonyl (C=O) groups is 3. The number of carboxylic acid groups (broad SMARTS) is 1. The summed E-state index contributed by atoms with van der Waals surface area (Å²) in [5.41, 5.74) is 9.54. The van der Waals surface area contributed by atoms with Crippen LogP contribution >= 0.6 is 0 Å². The zero-order chi connectivity index (χ0) is 27.6. The van der Waals surface area contributed by atoms with Gasteiger partial charge in [-0.1, -0.05) is 24.3 Å². The van der Waals surface area contributed by atoms with Gasteiger partial charge in [-0.2, -0.15) is 0 Å². The number of amides is 2. The van der Waals surface area contributed by atoms with Crippen LogP contribution in [-0.4, -0.2) is 35.5 Å². The van der Waals surface area contributed by atoms with E-state index in [1.54, 1.807) is 51.2 Å². The van der Waals surface area contributed by atoms with Crippen molar-refractivity contribution in [3.8, 4) is 0 Å². The van der Waals surface area contributed by atoms with Gasteiger partial charge in [0, 0.05) is 30.4 Å². The monoisotopic (exact) mass is 516 g/mol. The van der Waals surface area contributed by atoms with E-state index in [1.807, 2.05) is 24.3 Å². The van der Waals surface area contributed by atoms with Gasteiger partial charge in [0.1, 0.15) is 5.82 Å². The van der Waals surface area contributed by atoms with Crippen molar-refractivity contribution in [2.24, 2.45) is 5.73 Å². The molecule has 1 aliphatic rings. The van der Waals surface area contributed by atoms with Crippen LogP contribution in [0.2, 0.25) is 0 Å². The van der Waals surface area contributed by atoms with E-state index < -0.39 is 17.3 Å². The van der Waals surface area contributed by atoms with Crippen LogP contribution in [0, 0.1) is 5.82 Å². The first kappa shape index (κ1) is 26.6. The molecule has 0 spiro atoms. The second-order valence-electron chi connectivity index (χ2n) is 9.74. The minimum Gasteiger partial charge on any atom is -0.481 e. The molecule has 3 aromatic carbocycles. The van der Waals surface area contributed by atoms with Crippen LogP contribution in [0.5, 0.6) is 0 Å². The van der Waals surface area contributed by atoms with Gasteiger partial charge in [0.05, 0.1) is 22.5 Å². The van der Waals surface area contributed by atoms with Gasteiger partial charge in [0.15, 0.2) is 0 Å². The van der Waals surface area contributed by atoms with E-state index in [0.29, 0.717) is 45.9 Å². The van der Waals surface area contributed by atoms with Crippen molar-refractivity contribution >= 4 is 46.1 Å². The van der Waals surface area contributed by atoms with Crippen LogP contribution in [0.3, 0.4) is 0 Å². The lowest BCUT2D eigenvalue weighted by molar-refractivity contribution is -0.137. The molecular formula is C29H29FN4O4. The fourth-order valence-corrected chi connectivity index (χ4v) is 4.22. The van der Waals surface area contributed by atoms with Crippen molar-refractivity contribution in [3.63, 3.8) is 0 Å². The van der Waals surface area contributed by atoms with Crippen molar-refractivity contribution in [2.75, 3.05) is 22.6 Å². The van der Waals surface area contributed by atoms with Gasteiger partial charge in [-0.15, -0.1) is 0 Å². The minimum atomic E-state index is -1.03. The Bertz CT molecular complexity index is 1420. The van der Waals surface area contributed by atoms with Crippen molar-refractivity contribution in [1.82, 2.24) is 0 Å². The molecule has 0 atom stereocenters. The number of rotatable bonds is 8. The Morgan fingerprint density at radius 3 is 2.32 bits per heavy atom. The van der Waals surface area contributed by atoms with Crippen molar-refractivity contribution in [2.45, 2.75) is 32.2 Å². The van der Waals surface area contributed by atoms with E-state index in [1.165, 1.54) is 17.0 Å². The maximum Gasteiger partial charge on any atom is 0.303 e. The molecule has 4 rings (SSSR count). The van der Waals surface area contributed by atoms with E-state index in [2.05, 4.69) is 10.6 Å². The Balaban J connectivity index is 1.72. The van der Waals surface area contributed by atoms with Crippen molar-refractivity contribution in [1.29, 1.82) is 0 Å². The first-order chi connectivity index (χ1) is 17.9. The maximum atomic E-state index is 13.8. The summed E-state index contributed by atoms with van der Waals surface area (Å²) in [6, 6.07) is 18.5. The molecule has 0 aliphatic carbocycles. The van der Waals surface area contributed by atoms with Gasteiger partial charge in [-0.25, -0.2) is 4.39 Å². The molecule has 1 aliphatic heterocycles. The highest BCUT2D eigenvalue weighted by Gasteiger charge is 2.29. The number of nitrogens with zero attached hydrogens (tertiary/aromatic N) is 1. The van der Waals surface area contributed by atoms with Gasteiger partial charge in [0.2, 0.25) is 5.91 Å². The third kappa shape index (κ3) is 5.73. The molecule has 3 aromatic rings. The summed E-state index contributed by atoms with van der Waals surface area (Å²) in [4.78, 5) is 38.0. The molecule has 196 valence electrons. The average molecular weight is 517 g/mol. The van der Waals surface area contributed by atoms with E-state index in [4.69, 9.17) is 10.8 Å². The Morgan fingerprint density at radius 2 is 1.71 bits per heavy atom. The molecular weight excluding hydrogens is 487 g/mol. The number of benzene rings is 3. The van der Waals surface area contributed by atoms with E-state index in [-0.39, 0.29) is 18.2 Å². The van der Waals surface area contributed by atoms with Crippen LogP contribution < -0.4 is 21.3 Å². The third-order valence-electron chi connectivity index (χ3n) is 6.23. The molecule has 2 amide bonds. The zero-order valence-electron chi connectivity index (χ0n) is 21.3. The molecule has 0 aromatic heterocycles. The molecule has 0 unspecified atom stereocenters. The predicted molar refractivity (Wildman–Crippen MR) is 146 cm³/mol. The molecule has 8 nitrogen and oxygen atoms in total. The predicted octanol–water partition coefficient (Wildman–Crippen LogP) is 4.48. The summed E-state index contributed by atoms with van der Waals surface area (Å²) in [5, 5.41) is 15.0. The molecule has 1 heterocycles. The number of aryl methyl sites for hydroxylation is 1. The summed E-state index contributed by atoms with van der Waals surface area (Å²) in [7, 11) is 1.65. The first-order valence-corrected chi connectivity index (χ1v) is 12.0. The van der Waals surface area contributed by atoms with Crippen LogP contribution in [0.1, 0.15) is 37.0 Å². The van der Waals surface area contributed by atoms with Crippen LogP contribution in [0.4, 0.5) is 21.5 Å². The van der Waals surface area contributed by atoms with Crippen LogP contribution in [-0.2, 0) is 20.8 Å². The maximum absolute atomic E-state index is 13.8. The highest BCUT2D eigenvalue weighted by atomic mass is 19.1. The van der Waals surface area contributed by atoms with E-state index >= 15 is 0 Å². The summed E-state index contributed by atoms with van der Waals surface area (Å²) >= 11 is 0. The second-order valence-corrected chi connectivity index (χ2v) is 9.74. The van der Waals surface area contributed by atoms with Crippen molar-refractivity contribution in [3.05, 3.63) is 89.2 Å². The molecule has 5 N–H and O–H groups in total. The Kier molecular flexibility index (Phi) is 7.32. The molecule has 38 heavy (non-hydrogen) atoms. The highest BCUT2D eigenvalue weighted by molar-refractivity contribution is 6.37. The standard InChI is InChI=1S/C29H29FN4O4/c1-29(2,31)28(38)34(3)21-12-10-20(11-13-21)32-26(18-7-4-17(5-8-18)6-15-24(35)36)25-22-14-9-19(30)16-23(22)33-27(25)37/h4-5,7-14,16,32H,6,15,31H2,1-3H3,(H,33,37)(H,35,36)/b26-25-. The number of hydrogen-bond donors (Lipinski definition) is 4. The lowest BCUT2D eigenvalue weighted by Gasteiger charge is -2.26. The molecule has 0 radical (unpaired) electrons. The topological polar surface area (TPSA) is 125 Å². The molecule has 0 saturated heterocycles. The van der Waals surface area contributed by atoms with Gasteiger partial charge < -0.3 is 26.4 Å². The zero-order valence-corrected chi connectivity index (χ0v) is 21.3. The van der Waals surface area contributed by atoms with Crippen LogP contribution in [0.15, 0.2) is 66.7 Å². The summed E-state index contributed by atoms with van der Waals surface area (Å²) in [6.45, 7) is 3.28. The summed E-state index contributed by atoms with van der Waals surface area (Å²) in [6.07, 6.45) is 0.391. The number of fused-ring (bicyclic) bond motifs is 1. The number of carbonyl (C=O) groups excluding carboxylic acids is 2. The van der Waals surface area contributed by atoms with Gasteiger partial charge in [-0.3, -0.25) is 14.4 Å². The van der Waals surface area contributed by atoms with Crippen molar-refractivity contribution < 1.29 is 23.9 Å². The number of likely N-dealkylation sites (N-methyl/N-ethyl adjacent to an activating group) is 1. The first-order valence-electron chi connectivity index (χ1n) is 12.0. The summed E-state index contributed by atoms with van der Waals surface area (Å²) < 4.78 is 13.8. The molecule has 0 fully saturated rings. The lowest BCUT2D eigenvalue weighted by Crippen LogP contribution is -2.49. The number of hydrogen-bond acceptors (Lipinski definition) is 5. The number of nitrogens with two attached hydrogens (primary N) is 1. The number of aliphatic carboxylic acids is 1. The Hall–Kier alpha value is -4.50. The Labute approximate surface area is 220 Å².